The molecule has 0 saturated carbocycles. The fraction of sp³-hybridized carbons (Fsp3) is 0.286. The molecule has 1 heterocycles. The van der Waals surface area contributed by atoms with Gasteiger partial charge < -0.3 is 9.42 Å². The molecule has 3 rings (SSSR count). The first-order valence-electron chi connectivity index (χ1n) is 9.11. The summed E-state index contributed by atoms with van der Waals surface area (Å²) < 4.78 is 5.30. The molecule has 1 amide bonds. The highest BCUT2D eigenvalue weighted by Crippen LogP contribution is 2.20. The molecule has 0 unspecified atom stereocenters. The van der Waals surface area contributed by atoms with Crippen LogP contribution in [-0.2, 0) is 11.2 Å². The van der Waals surface area contributed by atoms with E-state index >= 15 is 0 Å². The summed E-state index contributed by atoms with van der Waals surface area (Å²) in [6, 6.07) is 17.0. The van der Waals surface area contributed by atoms with Crippen LogP contribution in [0.3, 0.4) is 0 Å². The highest BCUT2D eigenvalue weighted by molar-refractivity contribution is 6.30. The first-order valence-corrected chi connectivity index (χ1v) is 9.49. The molecule has 2 aromatic carbocycles. The van der Waals surface area contributed by atoms with Gasteiger partial charge in [-0.25, -0.2) is 0 Å². The summed E-state index contributed by atoms with van der Waals surface area (Å²) in [5.74, 6) is 1.01. The number of halogens is 1. The Balaban J connectivity index is 1.64. The largest absolute Gasteiger partial charge is 0.339 e. The van der Waals surface area contributed by atoms with Crippen molar-refractivity contribution >= 4 is 23.2 Å². The minimum atomic E-state index is 0.0564. The van der Waals surface area contributed by atoms with E-state index in [0.717, 1.165) is 24.1 Å². The molecule has 5 nitrogen and oxygen atoms in total. The summed E-state index contributed by atoms with van der Waals surface area (Å²) in [7, 11) is 0. The van der Waals surface area contributed by atoms with Crippen molar-refractivity contribution < 1.29 is 9.32 Å². The fourth-order valence-corrected chi connectivity index (χ4v) is 2.87. The van der Waals surface area contributed by atoms with E-state index in [9.17, 15) is 4.79 Å². The van der Waals surface area contributed by atoms with Crippen molar-refractivity contribution in [3.05, 3.63) is 65.5 Å². The minimum absolute atomic E-state index is 0.0564. The number of amides is 1. The predicted octanol–water partition coefficient (Wildman–Crippen LogP) is 5.16. The maximum atomic E-state index is 12.8. The Kier molecular flexibility index (Phi) is 6.60. The number of rotatable bonds is 8. The lowest BCUT2D eigenvalue weighted by Crippen LogP contribution is -2.32. The number of unbranched alkanes of at least 4 members (excludes halogenated alkanes) is 1. The van der Waals surface area contributed by atoms with Gasteiger partial charge in [-0.2, -0.15) is 4.98 Å². The zero-order valence-corrected chi connectivity index (χ0v) is 16.0. The van der Waals surface area contributed by atoms with Crippen LogP contribution in [0.5, 0.6) is 0 Å². The number of nitrogens with zero attached hydrogens (tertiary/aromatic N) is 3. The van der Waals surface area contributed by atoms with Gasteiger partial charge in [-0.15, -0.1) is 0 Å². The number of hydrogen-bond donors (Lipinski definition) is 0. The molecule has 6 heteroatoms. The number of hydrogen-bond acceptors (Lipinski definition) is 4. The molecule has 0 N–H and O–H groups in total. The van der Waals surface area contributed by atoms with Crippen LogP contribution in [0, 0.1) is 0 Å². The number of anilines is 1. The van der Waals surface area contributed by atoms with E-state index in [1.165, 1.54) is 0 Å². The smallest absolute Gasteiger partial charge is 0.227 e. The van der Waals surface area contributed by atoms with E-state index in [4.69, 9.17) is 16.1 Å². The number of aromatic nitrogens is 2. The zero-order chi connectivity index (χ0) is 19.1. The Morgan fingerprint density at radius 3 is 2.56 bits per heavy atom. The van der Waals surface area contributed by atoms with Gasteiger partial charge in [-0.1, -0.05) is 48.3 Å². The number of benzene rings is 2. The van der Waals surface area contributed by atoms with Gasteiger partial charge in [-0.05, 0) is 42.8 Å². The van der Waals surface area contributed by atoms with Gasteiger partial charge in [0.1, 0.15) is 0 Å². The number of aryl methyl sites for hydroxylation is 1. The molecule has 27 heavy (non-hydrogen) atoms. The average molecular weight is 384 g/mol. The normalized spacial score (nSPS) is 10.7. The second-order valence-corrected chi connectivity index (χ2v) is 6.69. The van der Waals surface area contributed by atoms with Crippen LogP contribution in [0.4, 0.5) is 5.69 Å². The van der Waals surface area contributed by atoms with E-state index in [1.807, 2.05) is 47.4 Å². The third-order valence-electron chi connectivity index (χ3n) is 4.23. The van der Waals surface area contributed by atoms with Gasteiger partial charge in [-0.3, -0.25) is 4.79 Å². The Hall–Kier alpha value is -2.66. The topological polar surface area (TPSA) is 59.2 Å². The summed E-state index contributed by atoms with van der Waals surface area (Å²) in [5.41, 5.74) is 1.75. The van der Waals surface area contributed by atoms with E-state index in [2.05, 4.69) is 17.1 Å². The lowest BCUT2D eigenvalue weighted by atomic mass is 10.2. The Bertz CT molecular complexity index is 863. The lowest BCUT2D eigenvalue weighted by Gasteiger charge is -2.22. The van der Waals surface area contributed by atoms with Gasteiger partial charge in [0, 0.05) is 35.7 Å². The third-order valence-corrected chi connectivity index (χ3v) is 4.48. The van der Waals surface area contributed by atoms with E-state index < -0.39 is 0 Å². The maximum Gasteiger partial charge on any atom is 0.227 e. The predicted molar refractivity (Wildman–Crippen MR) is 107 cm³/mol. The van der Waals surface area contributed by atoms with Crippen LogP contribution in [0.15, 0.2) is 59.1 Å². The van der Waals surface area contributed by atoms with Crippen molar-refractivity contribution in [1.29, 1.82) is 0 Å². The Morgan fingerprint density at radius 2 is 1.85 bits per heavy atom. The summed E-state index contributed by atoms with van der Waals surface area (Å²) in [5, 5.41) is 4.65. The van der Waals surface area contributed by atoms with Gasteiger partial charge in [0.25, 0.3) is 0 Å². The Morgan fingerprint density at radius 1 is 1.11 bits per heavy atom. The summed E-state index contributed by atoms with van der Waals surface area (Å²) >= 11 is 5.90. The molecule has 0 aliphatic carbocycles. The number of para-hydroxylation sites is 1. The second kappa shape index (κ2) is 9.33. The van der Waals surface area contributed by atoms with Gasteiger partial charge >= 0.3 is 0 Å². The summed E-state index contributed by atoms with van der Waals surface area (Å²) in [4.78, 5) is 19.0. The van der Waals surface area contributed by atoms with Crippen LogP contribution in [0.25, 0.3) is 11.4 Å². The molecule has 0 spiro atoms. The number of carbonyl (C=O) groups is 1. The van der Waals surface area contributed by atoms with Crippen LogP contribution in [0.2, 0.25) is 5.02 Å². The molecule has 140 valence electrons. The van der Waals surface area contributed by atoms with Crippen molar-refractivity contribution in [1.82, 2.24) is 10.1 Å². The van der Waals surface area contributed by atoms with Gasteiger partial charge in [0.2, 0.25) is 17.6 Å². The molecule has 0 aliphatic rings. The standard InChI is InChI=1S/C21H22ClN3O2/c1-2-3-15-25(18-7-5-4-6-8-18)20(26)14-13-19-23-21(24-27-19)16-9-11-17(22)12-10-16/h4-12H,2-3,13-15H2,1H3. The molecule has 1 aromatic heterocycles. The van der Waals surface area contributed by atoms with Gasteiger partial charge in [0.15, 0.2) is 0 Å². The molecule has 0 aliphatic heterocycles. The van der Waals surface area contributed by atoms with Gasteiger partial charge in [0.05, 0.1) is 0 Å². The van der Waals surface area contributed by atoms with Crippen LogP contribution < -0.4 is 4.90 Å². The third kappa shape index (κ3) is 5.17. The van der Waals surface area contributed by atoms with Crippen LogP contribution >= 0.6 is 11.6 Å². The maximum absolute atomic E-state index is 12.8. The lowest BCUT2D eigenvalue weighted by molar-refractivity contribution is -0.118. The summed E-state index contributed by atoms with van der Waals surface area (Å²) in [6.45, 7) is 2.82. The molecule has 3 aromatic rings. The highest BCUT2D eigenvalue weighted by Gasteiger charge is 2.17. The van der Waals surface area contributed by atoms with E-state index in [1.54, 1.807) is 12.1 Å². The molecular weight excluding hydrogens is 362 g/mol. The van der Waals surface area contributed by atoms with Crippen molar-refractivity contribution in [3.63, 3.8) is 0 Å². The molecule has 0 atom stereocenters. The van der Waals surface area contributed by atoms with Crippen molar-refractivity contribution in [2.24, 2.45) is 0 Å². The summed E-state index contributed by atoms with van der Waals surface area (Å²) in [6.07, 6.45) is 2.72. The second-order valence-electron chi connectivity index (χ2n) is 6.25. The first-order chi connectivity index (χ1) is 13.2. The van der Waals surface area contributed by atoms with Crippen molar-refractivity contribution in [3.8, 4) is 11.4 Å². The van der Waals surface area contributed by atoms with Crippen molar-refractivity contribution in [2.45, 2.75) is 32.6 Å². The molecular formula is C21H22ClN3O2. The van der Waals surface area contributed by atoms with E-state index in [0.29, 0.717) is 36.1 Å². The first kappa shape index (κ1) is 19.1. The Labute approximate surface area is 164 Å². The molecule has 0 saturated heterocycles. The monoisotopic (exact) mass is 383 g/mol. The van der Waals surface area contributed by atoms with E-state index in [-0.39, 0.29) is 5.91 Å². The zero-order valence-electron chi connectivity index (χ0n) is 15.3. The fourth-order valence-electron chi connectivity index (χ4n) is 2.74. The SMILES string of the molecule is CCCCN(C(=O)CCc1nc(-c2ccc(Cl)cc2)no1)c1ccccc1. The van der Waals surface area contributed by atoms with Crippen molar-refractivity contribution in [2.75, 3.05) is 11.4 Å². The minimum Gasteiger partial charge on any atom is -0.339 e. The highest BCUT2D eigenvalue weighted by atomic mass is 35.5. The molecule has 0 radical (unpaired) electrons. The quantitative estimate of drug-likeness (QED) is 0.539. The number of carbonyl (C=O) groups excluding carboxylic acids is 1. The molecule has 0 fully saturated rings. The molecule has 0 bridgehead atoms. The average Bonchev–Trinajstić information content (AvgIpc) is 3.17. The van der Waals surface area contributed by atoms with Crippen LogP contribution in [-0.4, -0.2) is 22.6 Å². The van der Waals surface area contributed by atoms with Crippen LogP contribution in [0.1, 0.15) is 32.1 Å².